The summed E-state index contributed by atoms with van der Waals surface area (Å²) in [5, 5.41) is 13.1. The Labute approximate surface area is 114 Å². The van der Waals surface area contributed by atoms with Crippen molar-refractivity contribution in [3.63, 3.8) is 0 Å². The van der Waals surface area contributed by atoms with Crippen LogP contribution in [-0.4, -0.2) is 10.8 Å². The molecule has 0 aromatic heterocycles. The largest absolute Gasteiger partial charge is 0.326 e. The van der Waals surface area contributed by atoms with Crippen molar-refractivity contribution >= 4 is 17.3 Å². The second-order valence-electron chi connectivity index (χ2n) is 4.16. The predicted molar refractivity (Wildman–Crippen MR) is 71.8 cm³/mol. The lowest BCUT2D eigenvalue weighted by Crippen LogP contribution is -2.14. The summed E-state index contributed by atoms with van der Waals surface area (Å²) in [5.74, 6) is -0.748. The maximum absolute atomic E-state index is 12.9. The molecule has 0 heterocycles. The van der Waals surface area contributed by atoms with E-state index in [0.717, 1.165) is 0 Å². The highest BCUT2D eigenvalue weighted by Gasteiger charge is 2.08. The molecule has 0 radical (unpaired) electrons. The van der Waals surface area contributed by atoms with Gasteiger partial charge in [0.05, 0.1) is 11.3 Å². The van der Waals surface area contributed by atoms with E-state index in [-0.39, 0.29) is 18.0 Å². The minimum absolute atomic E-state index is 0.0284. The van der Waals surface area contributed by atoms with Crippen molar-refractivity contribution in [1.82, 2.24) is 0 Å². The molecule has 0 saturated carbocycles. The third kappa shape index (κ3) is 3.61. The molecule has 2 aromatic rings. The molecule has 0 aliphatic rings. The lowest BCUT2D eigenvalue weighted by atomic mass is 10.1. The average molecular weight is 274 g/mol. The Morgan fingerprint density at radius 1 is 1.20 bits per heavy atom. The first-order valence-corrected chi connectivity index (χ1v) is 5.83. The topological polar surface area (TPSA) is 72.2 Å². The van der Waals surface area contributed by atoms with Gasteiger partial charge in [-0.15, -0.1) is 0 Å². The molecule has 2 aromatic carbocycles. The average Bonchev–Trinajstić information content (AvgIpc) is 2.39. The number of carbonyl (C=O) groups is 1. The van der Waals surface area contributed by atoms with Crippen molar-refractivity contribution < 1.29 is 14.1 Å². The SMILES string of the molecule is O=C(Cc1ccc([N+](=O)[O-])cc1)Nc1cccc(F)c1. The molecule has 0 atom stereocenters. The molecule has 0 aliphatic carbocycles. The molecule has 102 valence electrons. The molecular weight excluding hydrogens is 263 g/mol. The van der Waals surface area contributed by atoms with Crippen LogP contribution in [0.1, 0.15) is 5.56 Å². The summed E-state index contributed by atoms with van der Waals surface area (Å²) in [6, 6.07) is 11.3. The fraction of sp³-hybridized carbons (Fsp3) is 0.0714. The standard InChI is InChI=1S/C14H11FN2O3/c15-11-2-1-3-12(9-11)16-14(18)8-10-4-6-13(7-5-10)17(19)20/h1-7,9H,8H2,(H,16,18). The zero-order valence-electron chi connectivity index (χ0n) is 10.4. The number of halogens is 1. The van der Waals surface area contributed by atoms with E-state index in [1.54, 1.807) is 6.07 Å². The second-order valence-corrected chi connectivity index (χ2v) is 4.16. The number of nitrogens with one attached hydrogen (secondary N) is 1. The molecule has 0 fully saturated rings. The summed E-state index contributed by atoms with van der Waals surface area (Å²) in [6.07, 6.45) is 0.0640. The highest BCUT2D eigenvalue weighted by molar-refractivity contribution is 5.92. The van der Waals surface area contributed by atoms with E-state index >= 15 is 0 Å². The van der Waals surface area contributed by atoms with Gasteiger partial charge in [-0.1, -0.05) is 18.2 Å². The van der Waals surface area contributed by atoms with E-state index in [1.807, 2.05) is 0 Å². The van der Waals surface area contributed by atoms with Crippen LogP contribution >= 0.6 is 0 Å². The Kier molecular flexibility index (Phi) is 4.05. The minimum Gasteiger partial charge on any atom is -0.326 e. The van der Waals surface area contributed by atoms with Crippen molar-refractivity contribution in [2.24, 2.45) is 0 Å². The normalized spacial score (nSPS) is 10.1. The summed E-state index contributed by atoms with van der Waals surface area (Å²) >= 11 is 0. The number of hydrogen-bond donors (Lipinski definition) is 1. The molecule has 0 spiro atoms. The smallest absolute Gasteiger partial charge is 0.269 e. The van der Waals surface area contributed by atoms with Crippen LogP contribution in [0.3, 0.4) is 0 Å². The summed E-state index contributed by atoms with van der Waals surface area (Å²) in [5.41, 5.74) is 0.987. The van der Waals surface area contributed by atoms with Crippen molar-refractivity contribution in [1.29, 1.82) is 0 Å². The number of nitro benzene ring substituents is 1. The first kappa shape index (κ1) is 13.7. The van der Waals surface area contributed by atoms with Gasteiger partial charge in [-0.2, -0.15) is 0 Å². The van der Waals surface area contributed by atoms with Crippen LogP contribution < -0.4 is 5.32 Å². The Hall–Kier alpha value is -2.76. The van der Waals surface area contributed by atoms with Crippen LogP contribution in [0.15, 0.2) is 48.5 Å². The zero-order valence-corrected chi connectivity index (χ0v) is 10.4. The third-order valence-corrected chi connectivity index (χ3v) is 2.62. The molecule has 0 saturated heterocycles. The van der Waals surface area contributed by atoms with Gasteiger partial charge < -0.3 is 5.32 Å². The van der Waals surface area contributed by atoms with Gasteiger partial charge in [0.2, 0.25) is 5.91 Å². The van der Waals surface area contributed by atoms with Gasteiger partial charge >= 0.3 is 0 Å². The number of nitrogens with zero attached hydrogens (tertiary/aromatic N) is 1. The quantitative estimate of drug-likeness (QED) is 0.688. The van der Waals surface area contributed by atoms with Crippen molar-refractivity contribution in [3.8, 4) is 0 Å². The predicted octanol–water partition coefficient (Wildman–Crippen LogP) is 2.92. The van der Waals surface area contributed by atoms with Gasteiger partial charge in [-0.3, -0.25) is 14.9 Å². The van der Waals surface area contributed by atoms with Crippen LogP contribution in [0.4, 0.5) is 15.8 Å². The lowest BCUT2D eigenvalue weighted by molar-refractivity contribution is -0.384. The van der Waals surface area contributed by atoms with Crippen LogP contribution in [0.5, 0.6) is 0 Å². The van der Waals surface area contributed by atoms with E-state index in [2.05, 4.69) is 5.32 Å². The van der Waals surface area contributed by atoms with Crippen molar-refractivity contribution in [2.75, 3.05) is 5.32 Å². The van der Waals surface area contributed by atoms with Gasteiger partial charge in [-0.05, 0) is 23.8 Å². The van der Waals surface area contributed by atoms with E-state index in [0.29, 0.717) is 11.3 Å². The van der Waals surface area contributed by atoms with Crippen LogP contribution in [-0.2, 0) is 11.2 Å². The van der Waals surface area contributed by atoms with Crippen LogP contribution in [0, 0.1) is 15.9 Å². The molecular formula is C14H11FN2O3. The maximum Gasteiger partial charge on any atom is 0.269 e. The number of amides is 1. The molecule has 20 heavy (non-hydrogen) atoms. The number of rotatable bonds is 4. The van der Waals surface area contributed by atoms with Crippen molar-refractivity contribution in [2.45, 2.75) is 6.42 Å². The minimum atomic E-state index is -0.503. The third-order valence-electron chi connectivity index (χ3n) is 2.62. The van der Waals surface area contributed by atoms with Gasteiger partial charge in [0, 0.05) is 17.8 Å². The lowest BCUT2D eigenvalue weighted by Gasteiger charge is -2.05. The first-order chi connectivity index (χ1) is 9.54. The fourth-order valence-electron chi connectivity index (χ4n) is 1.69. The molecule has 6 heteroatoms. The number of non-ortho nitro benzene ring substituents is 1. The van der Waals surface area contributed by atoms with E-state index in [9.17, 15) is 19.3 Å². The van der Waals surface area contributed by atoms with Gasteiger partial charge in [0.1, 0.15) is 5.82 Å². The number of benzene rings is 2. The number of hydrogen-bond acceptors (Lipinski definition) is 3. The Morgan fingerprint density at radius 2 is 1.90 bits per heavy atom. The van der Waals surface area contributed by atoms with Gasteiger partial charge in [0.15, 0.2) is 0 Å². The van der Waals surface area contributed by atoms with E-state index in [1.165, 1.54) is 42.5 Å². The highest BCUT2D eigenvalue weighted by Crippen LogP contribution is 2.13. The maximum atomic E-state index is 12.9. The summed E-state index contributed by atoms with van der Waals surface area (Å²) in [7, 11) is 0. The molecule has 1 amide bonds. The monoisotopic (exact) mass is 274 g/mol. The summed E-state index contributed by atoms with van der Waals surface area (Å²) in [6.45, 7) is 0. The van der Waals surface area contributed by atoms with Crippen LogP contribution in [0.25, 0.3) is 0 Å². The number of anilines is 1. The van der Waals surface area contributed by atoms with E-state index in [4.69, 9.17) is 0 Å². The summed E-state index contributed by atoms with van der Waals surface area (Å²) in [4.78, 5) is 21.7. The Bertz CT molecular complexity index is 641. The Balaban J connectivity index is 1.99. The van der Waals surface area contributed by atoms with Gasteiger partial charge in [0.25, 0.3) is 5.69 Å². The molecule has 0 aliphatic heterocycles. The first-order valence-electron chi connectivity index (χ1n) is 5.83. The molecule has 0 unspecified atom stereocenters. The molecule has 0 bridgehead atoms. The number of nitro groups is 1. The fourth-order valence-corrected chi connectivity index (χ4v) is 1.69. The zero-order chi connectivity index (χ0) is 14.5. The van der Waals surface area contributed by atoms with Gasteiger partial charge in [-0.25, -0.2) is 4.39 Å². The highest BCUT2D eigenvalue weighted by atomic mass is 19.1. The molecule has 1 N–H and O–H groups in total. The molecule has 5 nitrogen and oxygen atoms in total. The molecule has 2 rings (SSSR count). The van der Waals surface area contributed by atoms with Crippen molar-refractivity contribution in [3.05, 3.63) is 70.0 Å². The number of carbonyl (C=O) groups excluding carboxylic acids is 1. The van der Waals surface area contributed by atoms with E-state index < -0.39 is 10.7 Å². The summed E-state index contributed by atoms with van der Waals surface area (Å²) < 4.78 is 12.9. The Morgan fingerprint density at radius 3 is 2.50 bits per heavy atom. The van der Waals surface area contributed by atoms with Crippen LogP contribution in [0.2, 0.25) is 0 Å². The second kappa shape index (κ2) is 5.92.